The third kappa shape index (κ3) is 0.922. The smallest absolute Gasteiger partial charge is 0.149 e. The quantitative estimate of drug-likeness (QED) is 0.568. The van der Waals surface area contributed by atoms with Crippen LogP contribution >= 0.6 is 11.3 Å². The minimum absolute atomic E-state index is 0.338. The number of thiophene rings is 1. The second kappa shape index (κ2) is 2.27. The lowest BCUT2D eigenvalue weighted by Gasteiger charge is -1.91. The molecular weight excluding hydrogens is 166 g/mol. The predicted molar refractivity (Wildman–Crippen MR) is 40.6 cm³/mol. The van der Waals surface area contributed by atoms with Crippen molar-refractivity contribution in [2.75, 3.05) is 0 Å². The van der Waals surface area contributed by atoms with Crippen LogP contribution in [-0.2, 0) is 0 Å². The van der Waals surface area contributed by atoms with E-state index < -0.39 is 11.6 Å². The number of hydrogen-bond donors (Lipinski definition) is 0. The van der Waals surface area contributed by atoms with Crippen molar-refractivity contribution in [1.82, 2.24) is 0 Å². The minimum atomic E-state index is -0.476. The second-order valence-corrected chi connectivity index (χ2v) is 3.03. The summed E-state index contributed by atoms with van der Waals surface area (Å²) in [5, 5.41) is 2.00. The van der Waals surface area contributed by atoms with E-state index in [1.807, 2.05) is 0 Å². The van der Waals surface area contributed by atoms with Crippen LogP contribution in [0.25, 0.3) is 10.1 Å². The lowest BCUT2D eigenvalue weighted by Crippen LogP contribution is -1.78. The summed E-state index contributed by atoms with van der Waals surface area (Å²) in [6.07, 6.45) is 0. The highest BCUT2D eigenvalue weighted by molar-refractivity contribution is 7.17. The van der Waals surface area contributed by atoms with Crippen LogP contribution in [0.2, 0.25) is 0 Å². The third-order valence-corrected chi connectivity index (χ3v) is 2.35. The van der Waals surface area contributed by atoms with Crippen molar-refractivity contribution in [3.63, 3.8) is 0 Å². The molecule has 0 bridgehead atoms. The molecule has 0 amide bonds. The van der Waals surface area contributed by atoms with Gasteiger partial charge in [0.15, 0.2) is 0 Å². The molecular formula is C8H3F2S. The van der Waals surface area contributed by atoms with Crippen LogP contribution in [0.1, 0.15) is 0 Å². The zero-order valence-corrected chi connectivity index (χ0v) is 6.21. The predicted octanol–water partition coefficient (Wildman–Crippen LogP) is 2.98. The van der Waals surface area contributed by atoms with Gasteiger partial charge in [-0.15, -0.1) is 11.3 Å². The summed E-state index contributed by atoms with van der Waals surface area (Å²) in [4.78, 5) is 0. The zero-order valence-electron chi connectivity index (χ0n) is 5.40. The van der Waals surface area contributed by atoms with Gasteiger partial charge in [0, 0.05) is 11.5 Å². The first-order valence-corrected chi connectivity index (χ1v) is 3.90. The SMILES string of the molecule is Fc1c[c]c(F)c2sccc12. The maximum atomic E-state index is 12.8. The molecule has 0 saturated heterocycles. The van der Waals surface area contributed by atoms with Gasteiger partial charge < -0.3 is 0 Å². The first-order valence-electron chi connectivity index (χ1n) is 3.02. The maximum Gasteiger partial charge on any atom is 0.149 e. The summed E-state index contributed by atoms with van der Waals surface area (Å²) in [6.45, 7) is 0. The Morgan fingerprint density at radius 1 is 1.36 bits per heavy atom. The molecule has 2 aromatic rings. The van der Waals surface area contributed by atoms with Gasteiger partial charge in [0.25, 0.3) is 0 Å². The van der Waals surface area contributed by atoms with Crippen LogP contribution in [0.4, 0.5) is 8.78 Å². The van der Waals surface area contributed by atoms with Crippen LogP contribution in [0.15, 0.2) is 17.5 Å². The summed E-state index contributed by atoms with van der Waals surface area (Å²) in [6, 6.07) is 4.78. The number of rotatable bonds is 0. The normalized spacial score (nSPS) is 10.7. The number of benzene rings is 1. The Morgan fingerprint density at radius 3 is 2.91 bits per heavy atom. The molecule has 55 valence electrons. The van der Waals surface area contributed by atoms with Crippen LogP contribution in [0, 0.1) is 17.7 Å². The molecule has 0 saturated carbocycles. The van der Waals surface area contributed by atoms with Gasteiger partial charge in [0.2, 0.25) is 0 Å². The molecule has 1 radical (unpaired) electrons. The van der Waals surface area contributed by atoms with E-state index in [2.05, 4.69) is 6.07 Å². The number of hydrogen-bond acceptors (Lipinski definition) is 1. The minimum Gasteiger partial charge on any atom is -0.206 e. The van der Waals surface area contributed by atoms with Crippen molar-refractivity contribution in [3.8, 4) is 0 Å². The molecule has 0 unspecified atom stereocenters. The Morgan fingerprint density at radius 2 is 2.18 bits per heavy atom. The molecule has 1 aromatic carbocycles. The van der Waals surface area contributed by atoms with Crippen molar-refractivity contribution in [3.05, 3.63) is 35.2 Å². The van der Waals surface area contributed by atoms with Gasteiger partial charge in [-0.3, -0.25) is 0 Å². The van der Waals surface area contributed by atoms with Crippen LogP contribution in [-0.4, -0.2) is 0 Å². The molecule has 0 spiro atoms. The van der Waals surface area contributed by atoms with Crippen molar-refractivity contribution < 1.29 is 8.78 Å². The highest BCUT2D eigenvalue weighted by Crippen LogP contribution is 2.25. The Labute approximate surface area is 66.1 Å². The van der Waals surface area contributed by atoms with Crippen molar-refractivity contribution in [1.29, 1.82) is 0 Å². The van der Waals surface area contributed by atoms with Gasteiger partial charge >= 0.3 is 0 Å². The number of fused-ring (bicyclic) bond motifs is 1. The molecule has 2 rings (SSSR count). The molecule has 0 fully saturated rings. The second-order valence-electron chi connectivity index (χ2n) is 2.11. The first-order chi connectivity index (χ1) is 5.29. The van der Waals surface area contributed by atoms with Crippen molar-refractivity contribution in [2.24, 2.45) is 0 Å². The Hall–Kier alpha value is -0.960. The molecule has 0 atom stereocenters. The highest BCUT2D eigenvalue weighted by atomic mass is 32.1. The fourth-order valence-electron chi connectivity index (χ4n) is 0.937. The van der Waals surface area contributed by atoms with E-state index in [-0.39, 0.29) is 0 Å². The van der Waals surface area contributed by atoms with E-state index >= 15 is 0 Å². The highest BCUT2D eigenvalue weighted by Gasteiger charge is 2.05. The molecule has 3 heteroatoms. The zero-order chi connectivity index (χ0) is 7.84. The lowest BCUT2D eigenvalue weighted by molar-refractivity contribution is 0.617. The summed E-state index contributed by atoms with van der Waals surface area (Å²) in [5.41, 5.74) is 0. The monoisotopic (exact) mass is 169 g/mol. The van der Waals surface area contributed by atoms with Crippen molar-refractivity contribution in [2.45, 2.75) is 0 Å². The molecule has 0 nitrogen and oxygen atoms in total. The average Bonchev–Trinajstić information content (AvgIpc) is 2.45. The molecule has 0 N–H and O–H groups in total. The van der Waals surface area contributed by atoms with Crippen LogP contribution in [0.3, 0.4) is 0 Å². The first kappa shape index (κ1) is 6.73. The fourth-order valence-corrected chi connectivity index (χ4v) is 1.73. The van der Waals surface area contributed by atoms with Crippen molar-refractivity contribution >= 4 is 21.4 Å². The summed E-state index contributed by atoms with van der Waals surface area (Å²) in [5.74, 6) is -0.890. The largest absolute Gasteiger partial charge is 0.206 e. The maximum absolute atomic E-state index is 12.8. The van der Waals surface area contributed by atoms with E-state index in [0.717, 1.165) is 6.07 Å². The van der Waals surface area contributed by atoms with Gasteiger partial charge in [0.05, 0.1) is 4.70 Å². The van der Waals surface area contributed by atoms with E-state index in [9.17, 15) is 8.78 Å². The molecule has 1 heterocycles. The summed E-state index contributed by atoms with van der Waals surface area (Å²) < 4.78 is 25.9. The average molecular weight is 169 g/mol. The standard InChI is InChI=1S/C8H3F2S/c9-6-1-2-7(10)8-5(6)3-4-11-8/h1,3-4H. The van der Waals surface area contributed by atoms with E-state index in [4.69, 9.17) is 0 Å². The molecule has 1 aromatic heterocycles. The summed E-state index contributed by atoms with van der Waals surface area (Å²) in [7, 11) is 0. The van der Waals surface area contributed by atoms with Gasteiger partial charge in [-0.1, -0.05) is 0 Å². The van der Waals surface area contributed by atoms with Gasteiger partial charge in [0.1, 0.15) is 11.6 Å². The fraction of sp³-hybridized carbons (Fsp3) is 0. The van der Waals surface area contributed by atoms with E-state index in [1.54, 1.807) is 11.4 Å². The Kier molecular flexibility index (Phi) is 1.39. The van der Waals surface area contributed by atoms with Gasteiger partial charge in [-0.05, 0) is 17.5 Å². The molecule has 11 heavy (non-hydrogen) atoms. The van der Waals surface area contributed by atoms with E-state index in [0.29, 0.717) is 10.1 Å². The Bertz CT molecular complexity index is 356. The summed E-state index contributed by atoms with van der Waals surface area (Å²) >= 11 is 1.18. The van der Waals surface area contributed by atoms with Gasteiger partial charge in [-0.2, -0.15) is 0 Å². The third-order valence-electron chi connectivity index (χ3n) is 1.45. The molecule has 0 aliphatic carbocycles. The Balaban J connectivity index is 2.96. The lowest BCUT2D eigenvalue weighted by atomic mass is 10.2. The molecule has 0 aliphatic rings. The van der Waals surface area contributed by atoms with E-state index in [1.165, 1.54) is 11.3 Å². The molecule has 0 aliphatic heterocycles. The topological polar surface area (TPSA) is 0 Å². The number of halogens is 2. The van der Waals surface area contributed by atoms with Gasteiger partial charge in [-0.25, -0.2) is 8.78 Å². The van der Waals surface area contributed by atoms with Crippen LogP contribution < -0.4 is 0 Å². The van der Waals surface area contributed by atoms with Crippen LogP contribution in [0.5, 0.6) is 0 Å².